The van der Waals surface area contributed by atoms with Crippen molar-refractivity contribution in [3.05, 3.63) is 28.4 Å². The molecule has 0 fully saturated rings. The van der Waals surface area contributed by atoms with Gasteiger partial charge in [0.05, 0.1) is 0 Å². The number of furan rings is 1. The number of aryl methyl sites for hydroxylation is 2. The SMILES string of the molecule is Cc1ccc(-c2nn(C)c(=O)n2C)o1. The average molecular weight is 193 g/mol. The van der Waals surface area contributed by atoms with Gasteiger partial charge in [-0.05, 0) is 19.1 Å². The minimum Gasteiger partial charge on any atom is -0.458 e. The molecule has 0 saturated heterocycles. The summed E-state index contributed by atoms with van der Waals surface area (Å²) in [6.45, 7) is 1.85. The standard InChI is InChI=1S/C9H11N3O2/c1-6-4-5-7(14-6)8-10-12(3)9(13)11(8)2/h4-5H,1-3H3. The van der Waals surface area contributed by atoms with Gasteiger partial charge in [0, 0.05) is 14.1 Å². The van der Waals surface area contributed by atoms with Crippen LogP contribution in [0.4, 0.5) is 0 Å². The number of hydrogen-bond donors (Lipinski definition) is 0. The van der Waals surface area contributed by atoms with Crippen LogP contribution < -0.4 is 5.69 Å². The summed E-state index contributed by atoms with van der Waals surface area (Å²) in [6, 6.07) is 3.64. The Balaban J connectivity index is 2.63. The second kappa shape index (κ2) is 2.87. The summed E-state index contributed by atoms with van der Waals surface area (Å²) in [6.07, 6.45) is 0. The first kappa shape index (κ1) is 8.80. The Morgan fingerprint density at radius 2 is 2.07 bits per heavy atom. The summed E-state index contributed by atoms with van der Waals surface area (Å²) in [5, 5.41) is 4.07. The van der Waals surface area contributed by atoms with E-state index in [-0.39, 0.29) is 5.69 Å². The Morgan fingerprint density at radius 3 is 2.50 bits per heavy atom. The number of rotatable bonds is 1. The summed E-state index contributed by atoms with van der Waals surface area (Å²) in [7, 11) is 3.28. The van der Waals surface area contributed by atoms with Crippen LogP contribution in [0.1, 0.15) is 5.76 Å². The fourth-order valence-electron chi connectivity index (χ4n) is 1.33. The highest BCUT2D eigenvalue weighted by Gasteiger charge is 2.12. The highest BCUT2D eigenvalue weighted by Crippen LogP contribution is 2.17. The van der Waals surface area contributed by atoms with E-state index in [4.69, 9.17) is 4.42 Å². The quantitative estimate of drug-likeness (QED) is 0.669. The molecule has 0 amide bonds. The summed E-state index contributed by atoms with van der Waals surface area (Å²) < 4.78 is 8.12. The average Bonchev–Trinajstić information content (AvgIpc) is 2.66. The largest absolute Gasteiger partial charge is 0.458 e. The lowest BCUT2D eigenvalue weighted by atomic mass is 10.4. The molecule has 0 aliphatic rings. The van der Waals surface area contributed by atoms with E-state index in [0.717, 1.165) is 5.76 Å². The Kier molecular flexibility index (Phi) is 1.80. The second-order valence-electron chi connectivity index (χ2n) is 3.20. The molecule has 0 atom stereocenters. The number of hydrogen-bond acceptors (Lipinski definition) is 3. The van der Waals surface area contributed by atoms with Crippen molar-refractivity contribution in [3.8, 4) is 11.6 Å². The van der Waals surface area contributed by atoms with E-state index in [9.17, 15) is 4.79 Å². The minimum absolute atomic E-state index is 0.158. The van der Waals surface area contributed by atoms with E-state index in [1.54, 1.807) is 20.2 Å². The second-order valence-corrected chi connectivity index (χ2v) is 3.20. The van der Waals surface area contributed by atoms with Crippen LogP contribution in [0.15, 0.2) is 21.3 Å². The molecular formula is C9H11N3O2. The molecule has 2 aromatic heterocycles. The highest BCUT2D eigenvalue weighted by atomic mass is 16.3. The lowest BCUT2D eigenvalue weighted by Gasteiger charge is -1.92. The van der Waals surface area contributed by atoms with Gasteiger partial charge < -0.3 is 4.42 Å². The van der Waals surface area contributed by atoms with Crippen molar-refractivity contribution in [3.63, 3.8) is 0 Å². The highest BCUT2D eigenvalue weighted by molar-refractivity contribution is 5.46. The van der Waals surface area contributed by atoms with Gasteiger partial charge in [-0.25, -0.2) is 9.48 Å². The fraction of sp³-hybridized carbons (Fsp3) is 0.333. The molecule has 2 heterocycles. The molecule has 0 N–H and O–H groups in total. The zero-order valence-electron chi connectivity index (χ0n) is 8.31. The Labute approximate surface area is 80.6 Å². The maximum Gasteiger partial charge on any atom is 0.345 e. The maximum absolute atomic E-state index is 11.4. The first-order valence-electron chi connectivity index (χ1n) is 4.26. The molecule has 0 saturated carbocycles. The Hall–Kier alpha value is -1.78. The zero-order valence-corrected chi connectivity index (χ0v) is 8.31. The van der Waals surface area contributed by atoms with E-state index in [1.165, 1.54) is 9.25 Å². The van der Waals surface area contributed by atoms with E-state index in [1.807, 2.05) is 13.0 Å². The Bertz CT molecular complexity index is 518. The van der Waals surface area contributed by atoms with Gasteiger partial charge in [0.2, 0.25) is 0 Å². The predicted molar refractivity (Wildman–Crippen MR) is 50.9 cm³/mol. The molecule has 0 aliphatic heterocycles. The lowest BCUT2D eigenvalue weighted by molar-refractivity contribution is 0.540. The summed E-state index contributed by atoms with van der Waals surface area (Å²) >= 11 is 0. The van der Waals surface area contributed by atoms with Crippen LogP contribution in [0.25, 0.3) is 11.6 Å². The van der Waals surface area contributed by atoms with Crippen LogP contribution in [0, 0.1) is 6.92 Å². The molecule has 0 radical (unpaired) electrons. The van der Waals surface area contributed by atoms with Gasteiger partial charge in [-0.1, -0.05) is 0 Å². The van der Waals surface area contributed by atoms with E-state index >= 15 is 0 Å². The predicted octanol–water partition coefficient (Wildman–Crippen LogP) is 0.687. The van der Waals surface area contributed by atoms with Gasteiger partial charge in [-0.2, -0.15) is 0 Å². The molecule has 14 heavy (non-hydrogen) atoms. The molecule has 74 valence electrons. The third kappa shape index (κ3) is 1.17. The fourth-order valence-corrected chi connectivity index (χ4v) is 1.33. The molecular weight excluding hydrogens is 182 g/mol. The smallest absolute Gasteiger partial charge is 0.345 e. The molecule has 5 nitrogen and oxygen atoms in total. The first-order chi connectivity index (χ1) is 6.59. The number of nitrogens with zero attached hydrogens (tertiary/aromatic N) is 3. The summed E-state index contributed by atoms with van der Waals surface area (Å²) in [4.78, 5) is 11.4. The normalized spacial score (nSPS) is 10.8. The molecule has 0 spiro atoms. The van der Waals surface area contributed by atoms with Gasteiger partial charge >= 0.3 is 5.69 Å². The van der Waals surface area contributed by atoms with Crippen LogP contribution in [0.3, 0.4) is 0 Å². The van der Waals surface area contributed by atoms with Crippen molar-refractivity contribution < 1.29 is 4.42 Å². The molecule has 0 aliphatic carbocycles. The van der Waals surface area contributed by atoms with Crippen molar-refractivity contribution in [1.29, 1.82) is 0 Å². The van der Waals surface area contributed by atoms with Crippen LogP contribution in [-0.4, -0.2) is 14.3 Å². The topological polar surface area (TPSA) is 53.0 Å². The molecule has 2 rings (SSSR count). The monoisotopic (exact) mass is 193 g/mol. The van der Waals surface area contributed by atoms with E-state index in [2.05, 4.69) is 5.10 Å². The third-order valence-electron chi connectivity index (χ3n) is 2.09. The van der Waals surface area contributed by atoms with Crippen molar-refractivity contribution in [1.82, 2.24) is 14.3 Å². The van der Waals surface area contributed by atoms with Gasteiger partial charge in [-0.15, -0.1) is 5.10 Å². The van der Waals surface area contributed by atoms with Crippen molar-refractivity contribution >= 4 is 0 Å². The lowest BCUT2D eigenvalue weighted by Crippen LogP contribution is -2.20. The molecule has 5 heteroatoms. The Morgan fingerprint density at radius 1 is 1.36 bits per heavy atom. The molecule has 2 aromatic rings. The van der Waals surface area contributed by atoms with E-state index < -0.39 is 0 Å². The van der Waals surface area contributed by atoms with Crippen molar-refractivity contribution in [2.24, 2.45) is 14.1 Å². The minimum atomic E-state index is -0.158. The van der Waals surface area contributed by atoms with Gasteiger partial charge in [0.1, 0.15) is 5.76 Å². The van der Waals surface area contributed by atoms with Gasteiger partial charge in [0.15, 0.2) is 11.6 Å². The van der Waals surface area contributed by atoms with Crippen LogP contribution >= 0.6 is 0 Å². The summed E-state index contributed by atoms with van der Waals surface area (Å²) in [5.41, 5.74) is -0.158. The van der Waals surface area contributed by atoms with Crippen LogP contribution in [0.2, 0.25) is 0 Å². The maximum atomic E-state index is 11.4. The van der Waals surface area contributed by atoms with Crippen LogP contribution in [-0.2, 0) is 14.1 Å². The van der Waals surface area contributed by atoms with Crippen LogP contribution in [0.5, 0.6) is 0 Å². The van der Waals surface area contributed by atoms with E-state index in [0.29, 0.717) is 11.6 Å². The van der Waals surface area contributed by atoms with Gasteiger partial charge in [0.25, 0.3) is 0 Å². The van der Waals surface area contributed by atoms with Crippen molar-refractivity contribution in [2.75, 3.05) is 0 Å². The summed E-state index contributed by atoms with van der Waals surface area (Å²) in [5.74, 6) is 1.96. The van der Waals surface area contributed by atoms with Gasteiger partial charge in [-0.3, -0.25) is 4.57 Å². The zero-order chi connectivity index (χ0) is 10.3. The number of aromatic nitrogens is 3. The first-order valence-corrected chi connectivity index (χ1v) is 4.26. The molecule has 0 aromatic carbocycles. The molecule has 0 unspecified atom stereocenters. The van der Waals surface area contributed by atoms with Crippen molar-refractivity contribution in [2.45, 2.75) is 6.92 Å². The molecule has 0 bridgehead atoms. The third-order valence-corrected chi connectivity index (χ3v) is 2.09.